The summed E-state index contributed by atoms with van der Waals surface area (Å²) in [5.41, 5.74) is 0.168. The van der Waals surface area contributed by atoms with Gasteiger partial charge >= 0.3 is 5.69 Å². The zero-order valence-corrected chi connectivity index (χ0v) is 42.4. The van der Waals surface area contributed by atoms with E-state index in [9.17, 15) is 24.6 Å². The first-order valence-electron chi connectivity index (χ1n) is 22.4. The summed E-state index contributed by atoms with van der Waals surface area (Å²) >= 11 is 0. The maximum Gasteiger partial charge on any atom is 0.330 e. The Labute approximate surface area is 411 Å². The van der Waals surface area contributed by atoms with Crippen LogP contribution in [0.5, 0.6) is 0 Å². The number of ether oxygens (including phenoxy) is 13. The van der Waals surface area contributed by atoms with Crippen LogP contribution < -0.4 is 16.6 Å². The molecule has 22 nitrogen and oxygen atoms in total. The number of aromatic amines is 1. The van der Waals surface area contributed by atoms with Gasteiger partial charge < -0.3 is 82.0 Å². The second kappa shape index (κ2) is 27.9. The summed E-state index contributed by atoms with van der Waals surface area (Å²) in [6.07, 6.45) is 2.96. The number of hydrogen-bond acceptors (Lipinski definition) is 23. The van der Waals surface area contributed by atoms with Crippen molar-refractivity contribution in [1.29, 1.82) is 0 Å². The zero-order valence-electron chi connectivity index (χ0n) is 39.1. The first kappa shape index (κ1) is 55.5. The van der Waals surface area contributed by atoms with Gasteiger partial charge in [0, 0.05) is 67.2 Å². The van der Waals surface area contributed by atoms with E-state index in [1.54, 1.807) is 82.3 Å². The van der Waals surface area contributed by atoms with Gasteiger partial charge in [-0.1, -0.05) is 63.1 Å². The molecule has 0 radical (unpaired) electrons. The summed E-state index contributed by atoms with van der Waals surface area (Å²) in [5, 5.41) is 22.3. The monoisotopic (exact) mass is 1040 g/mol. The minimum atomic E-state index is -0.796. The molecule has 0 aliphatic carbocycles. The van der Waals surface area contributed by atoms with E-state index in [-0.39, 0.29) is 67.4 Å². The number of aliphatic hydroxyl groups is 2. The lowest BCUT2D eigenvalue weighted by molar-refractivity contribution is -0.249. The smallest absolute Gasteiger partial charge is 0.330 e. The molecule has 68 heavy (non-hydrogen) atoms. The molecule has 26 heteroatoms. The number of nitrogens with zero attached hydrogens (tertiary/aromatic N) is 2. The van der Waals surface area contributed by atoms with Gasteiger partial charge in [0.2, 0.25) is 0 Å². The number of nitrogens with one attached hydrogen (secondary N) is 2. The van der Waals surface area contributed by atoms with Crippen LogP contribution in [0.3, 0.4) is 0 Å². The molecule has 1 amide bonds. The molecule has 14 atom stereocenters. The number of aryl methyl sites for hydroxylation is 1. The van der Waals surface area contributed by atoms with E-state index >= 15 is 0 Å². The standard InChI is InChI=1S/C20H30N2O9S2.C12H18N2O4.C10H18O5S2/c1-11-5-22(12(2)21-18(11)24)17-4-15(23)16(31-17)8-28-20-27-7-14(30-20)10-33-32-9-13-6-26-19(25-3)29-13;1-3-8-4-10(18-9(8)6-15)14-5-7(2)11(16)13-12(14)17;1-7-12-3-8(14-7)5-16-17-6-9-4-13-10(11-2)15-9/h5,13-17,19-20,23H,2,4,6-10H2,1,3H3,(H,21,24);5,8-10,15H,3-4,6H2,1-2H3,(H,13,16,17);7-10H,3-6H2,1-2H3/t13?,14?,15?,16-,17-,19?,20?;8?,9-,10-;/m11./s1. The summed E-state index contributed by atoms with van der Waals surface area (Å²) in [6.45, 7) is 11.6. The fraction of sp³-hybridized carbons (Fsp3) is 0.786. The number of methoxy groups -OCH3 is 2. The van der Waals surface area contributed by atoms with Crippen LogP contribution in [-0.4, -0.2) is 182 Å². The average molecular weight is 1040 g/mol. The molecule has 4 N–H and O–H groups in total. The van der Waals surface area contributed by atoms with Crippen molar-refractivity contribution in [1.82, 2.24) is 19.8 Å². The van der Waals surface area contributed by atoms with Gasteiger partial charge in [0.25, 0.3) is 30.9 Å². The van der Waals surface area contributed by atoms with Gasteiger partial charge in [-0.3, -0.25) is 19.1 Å². The Hall–Kier alpha value is -1.77. The molecular weight excluding hydrogens is 977 g/mol. The predicted octanol–water partition coefficient (Wildman–Crippen LogP) is 2.34. The number of carbonyl (C=O) groups excluding carboxylic acids is 1. The molecule has 1 aromatic heterocycles. The van der Waals surface area contributed by atoms with Crippen LogP contribution in [0.4, 0.5) is 0 Å². The van der Waals surface area contributed by atoms with Crippen molar-refractivity contribution in [2.45, 2.75) is 128 Å². The van der Waals surface area contributed by atoms with Gasteiger partial charge in [0.1, 0.15) is 24.4 Å². The average Bonchev–Trinajstić information content (AvgIpc) is 4.20. The highest BCUT2D eigenvalue weighted by molar-refractivity contribution is 8.77. The fourth-order valence-electron chi connectivity index (χ4n) is 7.52. The normalized spacial score (nSPS) is 34.7. The molecular formula is C42H66N4O18S4. The van der Waals surface area contributed by atoms with Crippen molar-refractivity contribution in [2.24, 2.45) is 5.92 Å². The molecule has 1 aromatic rings. The molecule has 0 aromatic carbocycles. The van der Waals surface area contributed by atoms with E-state index in [2.05, 4.69) is 16.9 Å². The first-order valence-corrected chi connectivity index (χ1v) is 27.4. The van der Waals surface area contributed by atoms with Crippen molar-refractivity contribution in [3.63, 3.8) is 0 Å². The molecule has 8 rings (SSSR count). The first-order chi connectivity index (χ1) is 32.8. The van der Waals surface area contributed by atoms with Crippen LogP contribution in [0, 0.1) is 12.8 Å². The third kappa shape index (κ3) is 16.4. The quantitative estimate of drug-likeness (QED) is 0.115. The molecule has 7 aliphatic heterocycles. The molecule has 6 saturated heterocycles. The number of aromatic nitrogens is 2. The Morgan fingerprint density at radius 3 is 1.82 bits per heavy atom. The Balaban J connectivity index is 0.000000184. The van der Waals surface area contributed by atoms with Crippen LogP contribution in [0.2, 0.25) is 0 Å². The van der Waals surface area contributed by atoms with Gasteiger partial charge in [0.15, 0.2) is 6.29 Å². The van der Waals surface area contributed by atoms with Crippen LogP contribution in [0.25, 0.3) is 0 Å². The minimum absolute atomic E-state index is 0.0173. The van der Waals surface area contributed by atoms with Gasteiger partial charge in [-0.15, -0.1) is 0 Å². The Morgan fingerprint density at radius 2 is 1.31 bits per heavy atom. The van der Waals surface area contributed by atoms with Crippen LogP contribution in [-0.2, 0) is 66.4 Å². The summed E-state index contributed by atoms with van der Waals surface area (Å²) < 4.78 is 72.4. The van der Waals surface area contributed by atoms with Crippen LogP contribution in [0.15, 0.2) is 40.0 Å². The number of amides is 1. The third-order valence-electron chi connectivity index (χ3n) is 11.3. The van der Waals surface area contributed by atoms with Gasteiger partial charge in [-0.25, -0.2) is 4.79 Å². The molecule has 10 unspecified atom stereocenters. The summed E-state index contributed by atoms with van der Waals surface area (Å²) in [6, 6.07) is 0. The van der Waals surface area contributed by atoms with E-state index in [0.29, 0.717) is 56.2 Å². The van der Waals surface area contributed by atoms with Crippen molar-refractivity contribution in [3.05, 3.63) is 56.8 Å². The highest BCUT2D eigenvalue weighted by Crippen LogP contribution is 2.35. The lowest BCUT2D eigenvalue weighted by Crippen LogP contribution is -2.42. The Bertz CT molecular complexity index is 1890. The van der Waals surface area contributed by atoms with E-state index in [1.807, 2.05) is 13.8 Å². The fourth-order valence-corrected chi connectivity index (χ4v) is 12.2. The number of hydrogen-bond donors (Lipinski definition) is 4. The summed E-state index contributed by atoms with van der Waals surface area (Å²) in [7, 11) is 10.0. The molecule has 7 aliphatic rings. The minimum Gasteiger partial charge on any atom is -0.394 e. The number of rotatable bonds is 19. The van der Waals surface area contributed by atoms with Gasteiger partial charge in [0.05, 0.1) is 76.3 Å². The lowest BCUT2D eigenvalue weighted by atomic mass is 9.98. The third-order valence-corrected chi connectivity index (χ3v) is 16.3. The van der Waals surface area contributed by atoms with Crippen molar-refractivity contribution in [3.8, 4) is 0 Å². The molecule has 0 spiro atoms. The van der Waals surface area contributed by atoms with Crippen molar-refractivity contribution in [2.75, 3.05) is 76.9 Å². The van der Waals surface area contributed by atoms with Gasteiger partial charge in [-0.05, 0) is 33.1 Å². The Kier molecular flexibility index (Phi) is 22.8. The molecule has 6 fully saturated rings. The maximum atomic E-state index is 11.7. The van der Waals surface area contributed by atoms with E-state index in [1.165, 1.54) is 10.8 Å². The van der Waals surface area contributed by atoms with Gasteiger partial charge in [-0.2, -0.15) is 0 Å². The van der Waals surface area contributed by atoms with Crippen molar-refractivity contribution >= 4 is 49.1 Å². The zero-order chi connectivity index (χ0) is 48.7. The Morgan fingerprint density at radius 1 is 0.765 bits per heavy atom. The summed E-state index contributed by atoms with van der Waals surface area (Å²) in [4.78, 5) is 38.7. The van der Waals surface area contributed by atoms with Crippen molar-refractivity contribution < 1.29 is 76.6 Å². The number of H-pyrrole nitrogens is 1. The largest absolute Gasteiger partial charge is 0.394 e. The highest BCUT2D eigenvalue weighted by atomic mass is 33.1. The van der Waals surface area contributed by atoms with E-state index < -0.39 is 49.8 Å². The topological polar surface area (TPSA) is 248 Å². The van der Waals surface area contributed by atoms with Crippen LogP contribution in [0.1, 0.15) is 51.8 Å². The predicted molar refractivity (Wildman–Crippen MR) is 252 cm³/mol. The van der Waals surface area contributed by atoms with Crippen LogP contribution >= 0.6 is 43.2 Å². The second-order valence-corrected chi connectivity index (χ2v) is 21.6. The molecule has 0 bridgehead atoms. The lowest BCUT2D eigenvalue weighted by Gasteiger charge is -2.32. The van der Waals surface area contributed by atoms with E-state index in [4.69, 9.17) is 61.6 Å². The summed E-state index contributed by atoms with van der Waals surface area (Å²) in [5.74, 6) is 3.82. The number of aliphatic hydroxyl groups excluding tert-OH is 2. The SMILES string of the molecule is C=C1NC(=O)C(C)=CN1[C@H]1CC(O)[C@@H](COC2OCC(CSSCC3COC(OC)O3)O2)O1.CCC1C[C@H](n2cc(C)c(=O)[nH]c2=O)O[C@@H]1CO.COC1OCC(CSSCC2COC(C)O2)O1. The highest BCUT2D eigenvalue weighted by Gasteiger charge is 2.40. The van der Waals surface area contributed by atoms with E-state index in [0.717, 1.165) is 29.4 Å². The molecule has 8 heterocycles. The second-order valence-electron chi connectivity index (χ2n) is 16.5. The number of carbonyl (C=O) groups is 1. The maximum absolute atomic E-state index is 11.7. The molecule has 386 valence electrons. The molecule has 0 saturated carbocycles.